The van der Waals surface area contributed by atoms with E-state index in [1.165, 1.54) is 17.4 Å². The third-order valence-corrected chi connectivity index (χ3v) is 3.06. The summed E-state index contributed by atoms with van der Waals surface area (Å²) in [6.07, 6.45) is 2.85. The molecule has 0 spiro atoms. The zero-order valence-electron chi connectivity index (χ0n) is 8.01. The number of fused-ring (bicyclic) bond motifs is 1. The van der Waals surface area contributed by atoms with Gasteiger partial charge in [0.15, 0.2) is 10.0 Å². The summed E-state index contributed by atoms with van der Waals surface area (Å²) in [7, 11) is -2.95. The Morgan fingerprint density at radius 2 is 1.86 bits per heavy atom. The van der Waals surface area contributed by atoms with Gasteiger partial charge in [0, 0.05) is 6.26 Å². The average Bonchev–Trinajstić information content (AvgIpc) is 2.42. The highest BCUT2D eigenvalue weighted by molar-refractivity contribution is 7.87. The SMILES string of the molecule is CS(=O)(O)=NC1Cc2ccccc2C1. The van der Waals surface area contributed by atoms with Gasteiger partial charge in [0.2, 0.25) is 0 Å². The summed E-state index contributed by atoms with van der Waals surface area (Å²) in [4.78, 5) is 0. The highest BCUT2D eigenvalue weighted by Gasteiger charge is 2.20. The van der Waals surface area contributed by atoms with E-state index < -0.39 is 10.0 Å². The van der Waals surface area contributed by atoms with Crippen molar-refractivity contribution in [2.24, 2.45) is 4.36 Å². The van der Waals surface area contributed by atoms with E-state index >= 15 is 0 Å². The molecule has 0 aromatic heterocycles. The highest BCUT2D eigenvalue weighted by atomic mass is 32.2. The van der Waals surface area contributed by atoms with Gasteiger partial charge in [-0.3, -0.25) is 0 Å². The minimum Gasteiger partial charge on any atom is -0.301 e. The van der Waals surface area contributed by atoms with E-state index in [-0.39, 0.29) is 6.04 Å². The van der Waals surface area contributed by atoms with Crippen LogP contribution in [0, 0.1) is 0 Å². The second-order valence-electron chi connectivity index (χ2n) is 3.70. The molecule has 0 bridgehead atoms. The van der Waals surface area contributed by atoms with Crippen LogP contribution in [0.2, 0.25) is 0 Å². The zero-order valence-corrected chi connectivity index (χ0v) is 8.83. The molecule has 0 aliphatic heterocycles. The van der Waals surface area contributed by atoms with Crippen molar-refractivity contribution in [2.75, 3.05) is 6.26 Å². The van der Waals surface area contributed by atoms with Crippen molar-refractivity contribution < 1.29 is 8.76 Å². The van der Waals surface area contributed by atoms with E-state index in [0.29, 0.717) is 0 Å². The van der Waals surface area contributed by atoms with Crippen molar-refractivity contribution >= 4 is 10.0 Å². The molecule has 0 heterocycles. The summed E-state index contributed by atoms with van der Waals surface area (Å²) in [5.41, 5.74) is 2.51. The molecule has 1 aliphatic rings. The van der Waals surface area contributed by atoms with E-state index in [4.69, 9.17) is 4.55 Å². The topological polar surface area (TPSA) is 49.7 Å². The number of hydrogen-bond donors (Lipinski definition) is 1. The Balaban J connectivity index is 2.25. The quantitative estimate of drug-likeness (QED) is 0.769. The van der Waals surface area contributed by atoms with E-state index in [2.05, 4.69) is 16.5 Å². The van der Waals surface area contributed by atoms with Crippen molar-refractivity contribution in [3.63, 3.8) is 0 Å². The minimum absolute atomic E-state index is 0.0186. The van der Waals surface area contributed by atoms with Gasteiger partial charge in [-0.05, 0) is 24.0 Å². The summed E-state index contributed by atoms with van der Waals surface area (Å²) in [5, 5.41) is 0. The molecule has 0 saturated heterocycles. The van der Waals surface area contributed by atoms with Crippen LogP contribution in [-0.2, 0) is 22.9 Å². The number of rotatable bonds is 1. The van der Waals surface area contributed by atoms with Crippen molar-refractivity contribution in [2.45, 2.75) is 18.9 Å². The molecule has 2 rings (SSSR count). The minimum atomic E-state index is -2.95. The zero-order chi connectivity index (χ0) is 10.2. The summed E-state index contributed by atoms with van der Waals surface area (Å²) < 4.78 is 24.1. The molecule has 1 atom stereocenters. The van der Waals surface area contributed by atoms with Crippen molar-refractivity contribution in [3.05, 3.63) is 35.4 Å². The third kappa shape index (κ3) is 2.13. The lowest BCUT2D eigenvalue weighted by molar-refractivity contribution is 0.549. The standard InChI is InChI=1S/C10H13NO2S/c1-14(12,13)11-10-6-8-4-2-3-5-9(8)7-10/h2-5,10H,6-7H2,1H3,(H,11,12,13). The fourth-order valence-corrected chi connectivity index (χ4v) is 2.59. The number of nitrogens with zero attached hydrogens (tertiary/aromatic N) is 1. The maximum Gasteiger partial charge on any atom is 0.158 e. The van der Waals surface area contributed by atoms with Gasteiger partial charge in [0.1, 0.15) is 0 Å². The van der Waals surface area contributed by atoms with E-state index in [0.717, 1.165) is 12.8 Å². The fraction of sp³-hybridized carbons (Fsp3) is 0.400. The molecule has 4 heteroatoms. The number of hydrogen-bond acceptors (Lipinski definition) is 2. The van der Waals surface area contributed by atoms with Gasteiger partial charge >= 0.3 is 0 Å². The lowest BCUT2D eigenvalue weighted by atomic mass is 10.1. The second kappa shape index (κ2) is 3.37. The molecule has 1 aromatic rings. The molecular formula is C10H13NO2S. The lowest BCUT2D eigenvalue weighted by Crippen LogP contribution is -2.07. The molecular weight excluding hydrogens is 198 g/mol. The molecule has 1 aromatic carbocycles. The van der Waals surface area contributed by atoms with Crippen LogP contribution in [0.25, 0.3) is 0 Å². The average molecular weight is 211 g/mol. The maximum atomic E-state index is 11.1. The van der Waals surface area contributed by atoms with Crippen LogP contribution in [-0.4, -0.2) is 21.1 Å². The second-order valence-corrected chi connectivity index (χ2v) is 5.43. The monoisotopic (exact) mass is 211 g/mol. The molecule has 0 fully saturated rings. The molecule has 3 nitrogen and oxygen atoms in total. The van der Waals surface area contributed by atoms with Gasteiger partial charge < -0.3 is 4.55 Å². The van der Waals surface area contributed by atoms with Crippen molar-refractivity contribution in [3.8, 4) is 0 Å². The Kier molecular flexibility index (Phi) is 2.33. The molecule has 14 heavy (non-hydrogen) atoms. The Morgan fingerprint density at radius 1 is 1.36 bits per heavy atom. The van der Waals surface area contributed by atoms with E-state index in [1.807, 2.05) is 12.1 Å². The smallest absolute Gasteiger partial charge is 0.158 e. The van der Waals surface area contributed by atoms with Crippen molar-refractivity contribution in [1.29, 1.82) is 0 Å². The third-order valence-electron chi connectivity index (χ3n) is 2.37. The van der Waals surface area contributed by atoms with Crippen LogP contribution in [0.15, 0.2) is 28.6 Å². The van der Waals surface area contributed by atoms with Gasteiger partial charge in [-0.1, -0.05) is 24.3 Å². The van der Waals surface area contributed by atoms with Crippen LogP contribution >= 0.6 is 0 Å². The maximum absolute atomic E-state index is 11.1. The van der Waals surface area contributed by atoms with Gasteiger partial charge in [-0.15, -0.1) is 0 Å². The Morgan fingerprint density at radius 3 is 2.29 bits per heavy atom. The Bertz CT molecular complexity index is 428. The summed E-state index contributed by atoms with van der Waals surface area (Å²) >= 11 is 0. The molecule has 1 aliphatic carbocycles. The molecule has 0 amide bonds. The first-order valence-corrected chi connectivity index (χ1v) is 6.43. The predicted molar refractivity (Wildman–Crippen MR) is 56.8 cm³/mol. The van der Waals surface area contributed by atoms with Crippen LogP contribution in [0.3, 0.4) is 0 Å². The number of benzene rings is 1. The Hall–Kier alpha value is -0.870. The first kappa shape index (κ1) is 9.68. The van der Waals surface area contributed by atoms with Crippen LogP contribution < -0.4 is 0 Å². The largest absolute Gasteiger partial charge is 0.301 e. The highest BCUT2D eigenvalue weighted by Crippen LogP contribution is 2.24. The summed E-state index contributed by atoms with van der Waals surface area (Å²) in [6.45, 7) is 0. The van der Waals surface area contributed by atoms with Crippen LogP contribution in [0.4, 0.5) is 0 Å². The van der Waals surface area contributed by atoms with Gasteiger partial charge in [0.25, 0.3) is 0 Å². The summed E-state index contributed by atoms with van der Waals surface area (Å²) in [6, 6.07) is 8.07. The van der Waals surface area contributed by atoms with Crippen molar-refractivity contribution in [1.82, 2.24) is 0 Å². The lowest BCUT2D eigenvalue weighted by Gasteiger charge is -2.01. The predicted octanol–water partition coefficient (Wildman–Crippen LogP) is 1.72. The first-order valence-electron chi connectivity index (χ1n) is 4.55. The van der Waals surface area contributed by atoms with E-state index in [9.17, 15) is 4.21 Å². The molecule has 0 radical (unpaired) electrons. The normalized spacial score (nSPS) is 20.1. The molecule has 76 valence electrons. The first-order chi connectivity index (χ1) is 6.54. The molecule has 1 unspecified atom stereocenters. The van der Waals surface area contributed by atoms with Gasteiger partial charge in [-0.25, -0.2) is 8.57 Å². The van der Waals surface area contributed by atoms with E-state index in [1.54, 1.807) is 0 Å². The Labute approximate surface area is 84.2 Å². The molecule has 1 N–H and O–H groups in total. The van der Waals surface area contributed by atoms with Gasteiger partial charge in [-0.2, -0.15) is 0 Å². The van der Waals surface area contributed by atoms with Gasteiger partial charge in [0.05, 0.1) is 6.04 Å². The fourth-order valence-electron chi connectivity index (χ4n) is 1.89. The van der Waals surface area contributed by atoms with Crippen LogP contribution in [0.5, 0.6) is 0 Å². The van der Waals surface area contributed by atoms with Crippen LogP contribution in [0.1, 0.15) is 11.1 Å². The molecule has 0 saturated carbocycles. The summed E-state index contributed by atoms with van der Waals surface area (Å²) in [5.74, 6) is 0.